The van der Waals surface area contributed by atoms with Gasteiger partial charge in [0.15, 0.2) is 0 Å². The summed E-state index contributed by atoms with van der Waals surface area (Å²) < 4.78 is 0. The predicted molar refractivity (Wildman–Crippen MR) is 118 cm³/mol. The molecule has 0 radical (unpaired) electrons. The number of rotatable bonds is 2. The van der Waals surface area contributed by atoms with E-state index in [1.807, 2.05) is 78.9 Å². The lowest BCUT2D eigenvalue weighted by molar-refractivity contribution is 1.38. The van der Waals surface area contributed by atoms with Gasteiger partial charge in [-0.3, -0.25) is 0 Å². The molecule has 0 nitrogen and oxygen atoms in total. The SMILES string of the molecule is Cl[Si](Cl)(Cl)Cc1ccc(C#Cc2ccc(C#Cc3ccccc3)cc2)cc1. The molecule has 0 amide bonds. The molecule has 0 aromatic heterocycles. The van der Waals surface area contributed by atoms with Crippen molar-refractivity contribution >= 4 is 39.2 Å². The van der Waals surface area contributed by atoms with Crippen LogP contribution in [0, 0.1) is 23.7 Å². The maximum Gasteiger partial charge on any atom is 0.345 e. The summed E-state index contributed by atoms with van der Waals surface area (Å²) in [5, 5.41) is 0. The Bertz CT molecular complexity index is 1010. The number of halogens is 3. The predicted octanol–water partition coefficient (Wildman–Crippen LogP) is 6.22. The van der Waals surface area contributed by atoms with E-state index in [1.165, 1.54) is 0 Å². The van der Waals surface area contributed by atoms with Crippen molar-refractivity contribution < 1.29 is 0 Å². The molecule has 0 atom stereocenters. The monoisotopic (exact) mass is 424 g/mol. The number of hydrogen-bond acceptors (Lipinski definition) is 0. The summed E-state index contributed by atoms with van der Waals surface area (Å²) in [5.74, 6) is 12.6. The van der Waals surface area contributed by atoms with Crippen LogP contribution in [0.1, 0.15) is 27.8 Å². The molecule has 0 heterocycles. The van der Waals surface area contributed by atoms with Crippen LogP contribution in [0.25, 0.3) is 0 Å². The highest BCUT2D eigenvalue weighted by Crippen LogP contribution is 2.24. The van der Waals surface area contributed by atoms with Crippen molar-refractivity contribution in [3.63, 3.8) is 0 Å². The van der Waals surface area contributed by atoms with Gasteiger partial charge in [-0.2, -0.15) is 0 Å². The zero-order valence-corrected chi connectivity index (χ0v) is 17.6. The largest absolute Gasteiger partial charge is 0.345 e. The van der Waals surface area contributed by atoms with Crippen LogP contribution < -0.4 is 0 Å². The summed E-state index contributed by atoms with van der Waals surface area (Å²) >= 11 is 17.9. The second kappa shape index (κ2) is 9.18. The fourth-order valence-electron chi connectivity index (χ4n) is 2.38. The molecule has 4 heteroatoms. The first-order chi connectivity index (χ1) is 13.0. The van der Waals surface area contributed by atoms with Crippen molar-refractivity contribution in [3.05, 3.63) is 107 Å². The lowest BCUT2D eigenvalue weighted by atomic mass is 10.1. The molecule has 0 aliphatic rings. The Kier molecular flexibility index (Phi) is 6.67. The van der Waals surface area contributed by atoms with Gasteiger partial charge in [0.1, 0.15) is 0 Å². The van der Waals surface area contributed by atoms with Crippen molar-refractivity contribution in [2.45, 2.75) is 6.04 Å². The second-order valence-electron chi connectivity index (χ2n) is 5.93. The molecule has 3 aromatic carbocycles. The van der Waals surface area contributed by atoms with E-state index < -0.39 is 6.00 Å². The van der Waals surface area contributed by atoms with E-state index in [2.05, 4.69) is 23.7 Å². The highest BCUT2D eigenvalue weighted by atomic mass is 35.8. The Morgan fingerprint density at radius 3 is 1.30 bits per heavy atom. The summed E-state index contributed by atoms with van der Waals surface area (Å²) in [6.45, 7) is 0. The molecule has 3 aromatic rings. The standard InChI is InChI=1S/C23H15Cl3Si/c24-27(25,26)18-23-16-14-22(15-17-23)13-12-21-10-8-20(9-11-21)7-6-19-4-2-1-3-5-19/h1-5,8-11,14-17H,18H2. The van der Waals surface area contributed by atoms with Gasteiger partial charge in [0.05, 0.1) is 0 Å². The minimum Gasteiger partial charge on any atom is -0.126 e. The maximum atomic E-state index is 5.95. The molecule has 0 saturated carbocycles. The van der Waals surface area contributed by atoms with Crippen LogP contribution in [0.3, 0.4) is 0 Å². The van der Waals surface area contributed by atoms with Gasteiger partial charge in [0.25, 0.3) is 0 Å². The molecular formula is C23H15Cl3Si. The van der Waals surface area contributed by atoms with Gasteiger partial charge in [-0.05, 0) is 54.1 Å². The van der Waals surface area contributed by atoms with E-state index in [0.717, 1.165) is 27.8 Å². The number of hydrogen-bond donors (Lipinski definition) is 0. The van der Waals surface area contributed by atoms with Gasteiger partial charge in [-0.15, -0.1) is 33.2 Å². The highest BCUT2D eigenvalue weighted by molar-refractivity contribution is 7.64. The summed E-state index contributed by atoms with van der Waals surface area (Å²) in [7, 11) is 0. The van der Waals surface area contributed by atoms with Crippen LogP contribution in [0.5, 0.6) is 0 Å². The van der Waals surface area contributed by atoms with Crippen LogP contribution in [0.2, 0.25) is 0 Å². The van der Waals surface area contributed by atoms with Crippen LogP contribution >= 0.6 is 33.2 Å². The average molecular weight is 426 g/mol. The van der Waals surface area contributed by atoms with Gasteiger partial charge >= 0.3 is 6.00 Å². The Hall–Kier alpha value is -2.13. The molecular weight excluding hydrogens is 411 g/mol. The van der Waals surface area contributed by atoms with Crippen LogP contribution in [-0.2, 0) is 6.04 Å². The quantitative estimate of drug-likeness (QED) is 0.259. The molecule has 27 heavy (non-hydrogen) atoms. The summed E-state index contributed by atoms with van der Waals surface area (Å²) in [4.78, 5) is 0. The first-order valence-corrected chi connectivity index (χ1v) is 13.6. The first-order valence-electron chi connectivity index (χ1n) is 8.33. The van der Waals surface area contributed by atoms with Gasteiger partial charge in [0.2, 0.25) is 0 Å². The van der Waals surface area contributed by atoms with E-state index in [9.17, 15) is 0 Å². The number of benzene rings is 3. The first kappa shape index (κ1) is 19.6. The summed E-state index contributed by atoms with van der Waals surface area (Å²) in [6, 6.07) is 23.5. The molecule has 0 N–H and O–H groups in total. The highest BCUT2D eigenvalue weighted by Gasteiger charge is 2.24. The third kappa shape index (κ3) is 6.83. The summed E-state index contributed by atoms with van der Waals surface area (Å²) in [5.41, 5.74) is 4.86. The van der Waals surface area contributed by atoms with Gasteiger partial charge in [-0.25, -0.2) is 0 Å². The Balaban J connectivity index is 1.66. The van der Waals surface area contributed by atoms with Crippen molar-refractivity contribution in [3.8, 4) is 23.7 Å². The summed E-state index contributed by atoms with van der Waals surface area (Å²) in [6.07, 6.45) is 0. The van der Waals surface area contributed by atoms with Crippen molar-refractivity contribution in [1.82, 2.24) is 0 Å². The van der Waals surface area contributed by atoms with E-state index in [4.69, 9.17) is 33.2 Å². The van der Waals surface area contributed by atoms with E-state index in [1.54, 1.807) is 0 Å². The van der Waals surface area contributed by atoms with Gasteiger partial charge in [-0.1, -0.05) is 54.0 Å². The van der Waals surface area contributed by atoms with Gasteiger partial charge in [0, 0.05) is 28.3 Å². The van der Waals surface area contributed by atoms with Crippen molar-refractivity contribution in [1.29, 1.82) is 0 Å². The average Bonchev–Trinajstić information content (AvgIpc) is 2.66. The Morgan fingerprint density at radius 2 is 0.889 bits per heavy atom. The van der Waals surface area contributed by atoms with Crippen LogP contribution in [0.15, 0.2) is 78.9 Å². The molecule has 0 bridgehead atoms. The minimum absolute atomic E-state index is 0.511. The zero-order chi connectivity index (χ0) is 19.1. The lowest BCUT2D eigenvalue weighted by Crippen LogP contribution is -2.13. The molecule has 0 fully saturated rings. The normalized spacial score (nSPS) is 10.3. The van der Waals surface area contributed by atoms with E-state index in [0.29, 0.717) is 6.04 Å². The molecule has 0 unspecified atom stereocenters. The third-order valence-electron chi connectivity index (χ3n) is 3.72. The van der Waals surface area contributed by atoms with E-state index >= 15 is 0 Å². The molecule has 0 spiro atoms. The molecule has 0 aliphatic carbocycles. The zero-order valence-electron chi connectivity index (χ0n) is 14.3. The Morgan fingerprint density at radius 1 is 0.519 bits per heavy atom. The van der Waals surface area contributed by atoms with Crippen LogP contribution in [0.4, 0.5) is 0 Å². The Labute approximate surface area is 175 Å². The fraction of sp³-hybridized carbons (Fsp3) is 0.0435. The van der Waals surface area contributed by atoms with Crippen molar-refractivity contribution in [2.75, 3.05) is 0 Å². The third-order valence-corrected chi connectivity index (χ3v) is 5.73. The van der Waals surface area contributed by atoms with Crippen molar-refractivity contribution in [2.24, 2.45) is 0 Å². The molecule has 132 valence electrons. The lowest BCUT2D eigenvalue weighted by Gasteiger charge is -2.07. The topological polar surface area (TPSA) is 0 Å². The smallest absolute Gasteiger partial charge is 0.126 e. The molecule has 0 saturated heterocycles. The van der Waals surface area contributed by atoms with E-state index in [-0.39, 0.29) is 0 Å². The fourth-order valence-corrected chi connectivity index (χ4v) is 4.47. The maximum absolute atomic E-state index is 5.95. The minimum atomic E-state index is -2.65. The van der Waals surface area contributed by atoms with Crippen LogP contribution in [-0.4, -0.2) is 6.00 Å². The molecule has 0 aliphatic heterocycles. The van der Waals surface area contributed by atoms with Gasteiger partial charge < -0.3 is 0 Å². The molecule has 3 rings (SSSR count). The second-order valence-corrected chi connectivity index (χ2v) is 15.1.